The molecule has 1 amide bonds. The molecule has 1 aliphatic rings. The van der Waals surface area contributed by atoms with Crippen LogP contribution >= 0.6 is 0 Å². The molecule has 7 nitrogen and oxygen atoms in total. The smallest absolute Gasteiger partial charge is 0.379 e. The third kappa shape index (κ3) is 4.14. The van der Waals surface area contributed by atoms with Crippen LogP contribution in [-0.2, 0) is 15.2 Å². The predicted octanol–water partition coefficient (Wildman–Crippen LogP) is 1.32. The molecule has 0 unspecified atom stereocenters. The summed E-state index contributed by atoms with van der Waals surface area (Å²) in [4.78, 5) is 18.0. The van der Waals surface area contributed by atoms with E-state index in [0.29, 0.717) is 26.2 Å². The van der Waals surface area contributed by atoms with Gasteiger partial charge < -0.3 is 13.8 Å². The first-order chi connectivity index (χ1) is 10.2. The number of carbonyl (C=O) groups excluding carboxylic acids is 1. The summed E-state index contributed by atoms with van der Waals surface area (Å²) in [5.41, 5.74) is -0.396. The van der Waals surface area contributed by atoms with E-state index in [1.54, 1.807) is 4.90 Å². The Morgan fingerprint density at radius 3 is 2.86 bits per heavy atom. The number of halogens is 1. The highest BCUT2D eigenvalue weighted by Gasteiger charge is 2.33. The second kappa shape index (κ2) is 6.17. The lowest BCUT2D eigenvalue weighted by Crippen LogP contribution is -2.49. The van der Waals surface area contributed by atoms with Gasteiger partial charge in [-0.05, 0) is 26.3 Å². The van der Waals surface area contributed by atoms with Crippen LogP contribution in [-0.4, -0.2) is 49.5 Å². The zero-order chi connectivity index (χ0) is 16.4. The lowest BCUT2D eigenvalue weighted by Gasteiger charge is -2.36. The average molecular weight is 332 g/mol. The van der Waals surface area contributed by atoms with Gasteiger partial charge >= 0.3 is 10.5 Å². The number of hydrogen-bond acceptors (Lipinski definition) is 6. The third-order valence-electron chi connectivity index (χ3n) is 3.26. The van der Waals surface area contributed by atoms with Crippen molar-refractivity contribution in [2.45, 2.75) is 25.8 Å². The summed E-state index contributed by atoms with van der Waals surface area (Å²) in [7, 11) is -5.16. The lowest BCUT2D eigenvalue weighted by molar-refractivity contribution is 0.0364. The van der Waals surface area contributed by atoms with Crippen LogP contribution in [0.1, 0.15) is 30.6 Å². The van der Waals surface area contributed by atoms with Crippen LogP contribution in [0, 0.1) is 0 Å². The van der Waals surface area contributed by atoms with E-state index in [1.807, 2.05) is 13.8 Å². The number of hydrogen-bond donors (Lipinski definition) is 0. The second-order valence-corrected chi connectivity index (χ2v) is 6.51. The number of nitrogens with zero attached hydrogens (tertiary/aromatic N) is 2. The number of pyridine rings is 1. The first-order valence-electron chi connectivity index (χ1n) is 6.68. The molecule has 0 N–H and O–H groups in total. The summed E-state index contributed by atoms with van der Waals surface area (Å²) >= 11 is 0. The van der Waals surface area contributed by atoms with Gasteiger partial charge in [0.05, 0.1) is 23.9 Å². The standard InChI is InChI=1S/C13H17FN2O5S/c1-13(2)9-20-5-3-4-16(13)12(17)10-6-11(8-15-7-10)21-22(14,18)19/h6-8H,3-5,9H2,1-2H3. The van der Waals surface area contributed by atoms with Crippen molar-refractivity contribution in [1.82, 2.24) is 9.88 Å². The molecular weight excluding hydrogens is 315 g/mol. The van der Waals surface area contributed by atoms with Crippen molar-refractivity contribution >= 4 is 16.4 Å². The molecule has 1 aromatic heterocycles. The summed E-state index contributed by atoms with van der Waals surface area (Å²) in [5.74, 6) is -0.693. The Bertz CT molecular complexity index is 662. The second-order valence-electron chi connectivity index (χ2n) is 5.56. The molecule has 1 aromatic rings. The SMILES string of the molecule is CC1(C)COCCCN1C(=O)c1cncc(OS(=O)(=O)F)c1. The number of rotatable bonds is 3. The van der Waals surface area contributed by atoms with Gasteiger partial charge in [0.2, 0.25) is 0 Å². The largest absolute Gasteiger partial charge is 0.488 e. The summed E-state index contributed by atoms with van der Waals surface area (Å²) < 4.78 is 43.1. The molecule has 122 valence electrons. The molecule has 0 spiro atoms. The van der Waals surface area contributed by atoms with Crippen LogP contribution < -0.4 is 4.18 Å². The van der Waals surface area contributed by atoms with Crippen molar-refractivity contribution < 1.29 is 26.0 Å². The van der Waals surface area contributed by atoms with Gasteiger partial charge in [-0.1, -0.05) is 3.89 Å². The first-order valence-corrected chi connectivity index (χ1v) is 7.99. The van der Waals surface area contributed by atoms with Crippen LogP contribution in [0.15, 0.2) is 18.5 Å². The van der Waals surface area contributed by atoms with Gasteiger partial charge in [0, 0.05) is 19.3 Å². The van der Waals surface area contributed by atoms with Crippen LogP contribution in [0.5, 0.6) is 5.75 Å². The number of carbonyl (C=O) groups is 1. The quantitative estimate of drug-likeness (QED) is 0.776. The number of amides is 1. The highest BCUT2D eigenvalue weighted by atomic mass is 32.3. The van der Waals surface area contributed by atoms with E-state index >= 15 is 0 Å². The third-order valence-corrected chi connectivity index (χ3v) is 3.65. The van der Waals surface area contributed by atoms with E-state index in [1.165, 1.54) is 6.20 Å². The molecule has 0 saturated carbocycles. The summed E-state index contributed by atoms with van der Waals surface area (Å²) in [5, 5.41) is 0. The van der Waals surface area contributed by atoms with E-state index < -0.39 is 16.0 Å². The van der Waals surface area contributed by atoms with Gasteiger partial charge in [-0.3, -0.25) is 9.78 Å². The summed E-state index contributed by atoms with van der Waals surface area (Å²) in [6, 6.07) is 1.15. The van der Waals surface area contributed by atoms with Crippen molar-refractivity contribution in [3.05, 3.63) is 24.0 Å². The molecule has 2 heterocycles. The maximum absolute atomic E-state index is 12.6. The van der Waals surface area contributed by atoms with Crippen LogP contribution in [0.25, 0.3) is 0 Å². The Kier molecular flexibility index (Phi) is 4.66. The zero-order valence-corrected chi connectivity index (χ0v) is 13.1. The van der Waals surface area contributed by atoms with E-state index in [0.717, 1.165) is 12.3 Å². The molecule has 2 rings (SSSR count). The van der Waals surface area contributed by atoms with Gasteiger partial charge in [0.1, 0.15) is 0 Å². The van der Waals surface area contributed by atoms with Gasteiger partial charge in [-0.15, -0.1) is 0 Å². The van der Waals surface area contributed by atoms with E-state index in [2.05, 4.69) is 9.17 Å². The topological polar surface area (TPSA) is 85.8 Å². The molecule has 1 fully saturated rings. The molecule has 9 heteroatoms. The fourth-order valence-electron chi connectivity index (χ4n) is 2.26. The Hall–Kier alpha value is -1.74. The van der Waals surface area contributed by atoms with Crippen LogP contribution in [0.3, 0.4) is 0 Å². The van der Waals surface area contributed by atoms with Crippen molar-refractivity contribution in [2.24, 2.45) is 0 Å². The zero-order valence-electron chi connectivity index (χ0n) is 12.3. The van der Waals surface area contributed by atoms with E-state index in [-0.39, 0.29) is 17.2 Å². The number of aromatic nitrogens is 1. The van der Waals surface area contributed by atoms with Crippen LogP contribution in [0.2, 0.25) is 0 Å². The van der Waals surface area contributed by atoms with Gasteiger partial charge in [0.25, 0.3) is 5.91 Å². The molecular formula is C13H17FN2O5S. The molecule has 1 saturated heterocycles. The highest BCUT2D eigenvalue weighted by molar-refractivity contribution is 7.81. The molecule has 0 radical (unpaired) electrons. The molecule has 1 aliphatic heterocycles. The predicted molar refractivity (Wildman–Crippen MR) is 75.4 cm³/mol. The highest BCUT2D eigenvalue weighted by Crippen LogP contribution is 2.23. The monoisotopic (exact) mass is 332 g/mol. The Labute approximate surface area is 128 Å². The minimum Gasteiger partial charge on any atom is -0.379 e. The normalized spacial score (nSPS) is 18.6. The molecule has 0 atom stereocenters. The fraction of sp³-hybridized carbons (Fsp3) is 0.538. The van der Waals surface area contributed by atoms with Gasteiger partial charge in [-0.2, -0.15) is 8.42 Å². The van der Waals surface area contributed by atoms with Crippen LogP contribution in [0.4, 0.5) is 3.89 Å². The van der Waals surface area contributed by atoms with Crippen molar-refractivity contribution in [3.63, 3.8) is 0 Å². The molecule has 22 heavy (non-hydrogen) atoms. The Morgan fingerprint density at radius 1 is 1.45 bits per heavy atom. The van der Waals surface area contributed by atoms with E-state index in [4.69, 9.17) is 4.74 Å². The molecule has 0 aromatic carbocycles. The molecule has 0 aliphatic carbocycles. The van der Waals surface area contributed by atoms with Gasteiger partial charge in [0.15, 0.2) is 5.75 Å². The maximum atomic E-state index is 12.6. The average Bonchev–Trinajstić information content (AvgIpc) is 2.57. The number of ether oxygens (including phenoxy) is 1. The minimum absolute atomic E-state index is 0.121. The Balaban J connectivity index is 2.26. The lowest BCUT2D eigenvalue weighted by atomic mass is 10.0. The van der Waals surface area contributed by atoms with E-state index in [9.17, 15) is 17.1 Å². The first kappa shape index (κ1) is 16.6. The summed E-state index contributed by atoms with van der Waals surface area (Å²) in [6.07, 6.45) is 2.99. The van der Waals surface area contributed by atoms with Crippen molar-refractivity contribution in [3.8, 4) is 5.75 Å². The van der Waals surface area contributed by atoms with Crippen molar-refractivity contribution in [1.29, 1.82) is 0 Å². The van der Waals surface area contributed by atoms with Crippen molar-refractivity contribution in [2.75, 3.05) is 19.8 Å². The fourth-order valence-corrected chi connectivity index (χ4v) is 2.58. The molecule has 0 bridgehead atoms. The minimum atomic E-state index is -5.16. The maximum Gasteiger partial charge on any atom is 0.488 e. The van der Waals surface area contributed by atoms with Gasteiger partial charge in [-0.25, -0.2) is 0 Å². The Morgan fingerprint density at radius 2 is 2.18 bits per heavy atom. The summed E-state index contributed by atoms with van der Waals surface area (Å²) in [6.45, 7) is 5.19.